The minimum Gasteiger partial charge on any atom is -0.497 e. The average Bonchev–Trinajstić information content (AvgIpc) is 2.93. The molecule has 5 aliphatic rings. The number of carbonyl (C=O) groups excluding carboxylic acids is 1. The molecular formula is C23H32N2O2. The average molecular weight is 369 g/mol. The van der Waals surface area contributed by atoms with E-state index in [1.807, 2.05) is 12.1 Å². The van der Waals surface area contributed by atoms with Gasteiger partial charge in [-0.2, -0.15) is 0 Å². The Balaban J connectivity index is 1.25. The fourth-order valence-electron chi connectivity index (χ4n) is 6.73. The second kappa shape index (κ2) is 7.03. The van der Waals surface area contributed by atoms with Crippen molar-refractivity contribution in [2.45, 2.75) is 38.5 Å². The van der Waals surface area contributed by atoms with Gasteiger partial charge in [-0.1, -0.05) is 0 Å². The van der Waals surface area contributed by atoms with Gasteiger partial charge in [0.15, 0.2) is 0 Å². The quantitative estimate of drug-likeness (QED) is 0.813. The lowest BCUT2D eigenvalue weighted by molar-refractivity contribution is -0.148. The highest BCUT2D eigenvalue weighted by Gasteiger charge is 2.51. The number of amides is 1. The van der Waals surface area contributed by atoms with Gasteiger partial charge in [-0.3, -0.25) is 4.79 Å². The highest BCUT2D eigenvalue weighted by atomic mass is 16.5. The zero-order valence-corrected chi connectivity index (χ0v) is 16.5. The van der Waals surface area contributed by atoms with Crippen LogP contribution in [-0.4, -0.2) is 44.1 Å². The van der Waals surface area contributed by atoms with Crippen molar-refractivity contribution in [3.8, 4) is 5.75 Å². The van der Waals surface area contributed by atoms with Crippen LogP contribution in [0.15, 0.2) is 24.3 Å². The Morgan fingerprint density at radius 3 is 2.19 bits per heavy atom. The van der Waals surface area contributed by atoms with Gasteiger partial charge in [0.1, 0.15) is 5.75 Å². The monoisotopic (exact) mass is 368 g/mol. The standard InChI is InChI=1S/C23H32N2O2/c1-27-21-5-3-20(4-6-21)24-7-2-8-25(10-9-24)23(26)22-18-12-16-11-17(14-18)15-19(22)13-16/h3-6,16-19,22H,2,7-15H2,1H3. The molecule has 1 aromatic carbocycles. The third-order valence-corrected chi connectivity index (χ3v) is 7.76. The summed E-state index contributed by atoms with van der Waals surface area (Å²) >= 11 is 0. The molecule has 4 aliphatic carbocycles. The van der Waals surface area contributed by atoms with Crippen LogP contribution in [0.1, 0.15) is 38.5 Å². The number of hydrogen-bond acceptors (Lipinski definition) is 3. The predicted octanol–water partition coefficient (Wildman–Crippen LogP) is 3.81. The molecule has 5 fully saturated rings. The third-order valence-electron chi connectivity index (χ3n) is 7.76. The van der Waals surface area contributed by atoms with Gasteiger partial charge in [-0.15, -0.1) is 0 Å². The number of benzene rings is 1. The molecule has 1 amide bonds. The summed E-state index contributed by atoms with van der Waals surface area (Å²) in [7, 11) is 1.70. The maximum Gasteiger partial charge on any atom is 0.226 e. The molecule has 1 heterocycles. The molecule has 4 saturated carbocycles. The topological polar surface area (TPSA) is 32.8 Å². The van der Waals surface area contributed by atoms with Crippen molar-refractivity contribution in [2.24, 2.45) is 29.6 Å². The first kappa shape index (κ1) is 17.4. The highest BCUT2D eigenvalue weighted by molar-refractivity contribution is 5.80. The summed E-state index contributed by atoms with van der Waals surface area (Å²) in [4.78, 5) is 18.1. The zero-order valence-electron chi connectivity index (χ0n) is 16.5. The molecule has 0 N–H and O–H groups in total. The highest BCUT2D eigenvalue weighted by Crippen LogP contribution is 2.56. The molecule has 4 heteroatoms. The fourth-order valence-corrected chi connectivity index (χ4v) is 6.73. The van der Waals surface area contributed by atoms with Crippen LogP contribution < -0.4 is 9.64 Å². The van der Waals surface area contributed by atoms with Crippen LogP contribution >= 0.6 is 0 Å². The maximum absolute atomic E-state index is 13.5. The number of anilines is 1. The van der Waals surface area contributed by atoms with E-state index >= 15 is 0 Å². The Morgan fingerprint density at radius 1 is 0.889 bits per heavy atom. The Hall–Kier alpha value is -1.71. The van der Waals surface area contributed by atoms with E-state index in [-0.39, 0.29) is 0 Å². The van der Waals surface area contributed by atoms with Crippen molar-refractivity contribution in [3.63, 3.8) is 0 Å². The summed E-state index contributed by atoms with van der Waals surface area (Å²) < 4.78 is 5.27. The second-order valence-corrected chi connectivity index (χ2v) is 9.32. The van der Waals surface area contributed by atoms with Gasteiger partial charge in [0.2, 0.25) is 5.91 Å². The normalized spacial score (nSPS) is 35.2. The van der Waals surface area contributed by atoms with Crippen LogP contribution in [0.5, 0.6) is 5.75 Å². The van der Waals surface area contributed by atoms with E-state index in [4.69, 9.17) is 4.74 Å². The number of ether oxygens (including phenoxy) is 1. The van der Waals surface area contributed by atoms with E-state index in [1.54, 1.807) is 7.11 Å². The predicted molar refractivity (Wildman–Crippen MR) is 107 cm³/mol. The van der Waals surface area contributed by atoms with Crippen LogP contribution in [0, 0.1) is 29.6 Å². The number of nitrogens with zero attached hydrogens (tertiary/aromatic N) is 2. The third kappa shape index (κ3) is 3.21. The lowest BCUT2D eigenvalue weighted by atomic mass is 9.51. The lowest BCUT2D eigenvalue weighted by Gasteiger charge is -2.54. The van der Waals surface area contributed by atoms with Gasteiger partial charge < -0.3 is 14.5 Å². The van der Waals surface area contributed by atoms with Gasteiger partial charge in [-0.05, 0) is 86.5 Å². The Morgan fingerprint density at radius 2 is 1.56 bits per heavy atom. The van der Waals surface area contributed by atoms with Crippen LogP contribution in [0.2, 0.25) is 0 Å². The van der Waals surface area contributed by atoms with Gasteiger partial charge in [0.25, 0.3) is 0 Å². The van der Waals surface area contributed by atoms with E-state index < -0.39 is 0 Å². The van der Waals surface area contributed by atoms with Crippen molar-refractivity contribution < 1.29 is 9.53 Å². The molecule has 4 bridgehead atoms. The van der Waals surface area contributed by atoms with Crippen LogP contribution in [-0.2, 0) is 4.79 Å². The molecule has 146 valence electrons. The molecule has 0 unspecified atom stereocenters. The molecule has 0 radical (unpaired) electrons. The van der Waals surface area contributed by atoms with Gasteiger partial charge in [0.05, 0.1) is 7.11 Å². The molecule has 4 nitrogen and oxygen atoms in total. The SMILES string of the molecule is COc1ccc(N2CCCN(C(=O)C3C4CC5CC(C4)CC3C5)CC2)cc1. The van der Waals surface area contributed by atoms with E-state index in [0.717, 1.165) is 50.2 Å². The largest absolute Gasteiger partial charge is 0.497 e. The van der Waals surface area contributed by atoms with Gasteiger partial charge in [0, 0.05) is 37.8 Å². The Labute approximate surface area is 162 Å². The van der Waals surface area contributed by atoms with Crippen molar-refractivity contribution in [2.75, 3.05) is 38.2 Å². The molecular weight excluding hydrogens is 336 g/mol. The van der Waals surface area contributed by atoms with E-state index in [0.29, 0.717) is 23.7 Å². The summed E-state index contributed by atoms with van der Waals surface area (Å²) in [5, 5.41) is 0. The molecule has 1 aromatic rings. The first-order chi connectivity index (χ1) is 13.2. The molecule has 1 aliphatic heterocycles. The first-order valence-electron chi connectivity index (χ1n) is 10.9. The molecule has 0 aromatic heterocycles. The van der Waals surface area contributed by atoms with E-state index in [9.17, 15) is 4.79 Å². The minimum absolute atomic E-state index is 0.338. The number of hydrogen-bond donors (Lipinski definition) is 0. The van der Waals surface area contributed by atoms with Crippen molar-refractivity contribution in [1.29, 1.82) is 0 Å². The summed E-state index contributed by atoms with van der Waals surface area (Å²) in [6, 6.07) is 8.32. The van der Waals surface area contributed by atoms with Gasteiger partial charge >= 0.3 is 0 Å². The summed E-state index contributed by atoms with van der Waals surface area (Å²) in [5.74, 6) is 4.97. The minimum atomic E-state index is 0.338. The van der Waals surface area contributed by atoms with Crippen molar-refractivity contribution in [3.05, 3.63) is 24.3 Å². The Bertz CT molecular complexity index is 658. The number of methoxy groups -OCH3 is 1. The van der Waals surface area contributed by atoms with Crippen LogP contribution in [0.4, 0.5) is 5.69 Å². The number of carbonyl (C=O) groups is 1. The molecule has 1 saturated heterocycles. The lowest BCUT2D eigenvalue weighted by Crippen LogP contribution is -2.52. The van der Waals surface area contributed by atoms with E-state index in [2.05, 4.69) is 21.9 Å². The molecule has 0 spiro atoms. The van der Waals surface area contributed by atoms with Crippen LogP contribution in [0.25, 0.3) is 0 Å². The second-order valence-electron chi connectivity index (χ2n) is 9.32. The van der Waals surface area contributed by atoms with Gasteiger partial charge in [-0.25, -0.2) is 0 Å². The maximum atomic E-state index is 13.5. The summed E-state index contributed by atoms with van der Waals surface area (Å²) in [6.07, 6.45) is 7.83. The summed E-state index contributed by atoms with van der Waals surface area (Å²) in [5.41, 5.74) is 1.24. The zero-order chi connectivity index (χ0) is 18.4. The molecule has 6 rings (SSSR count). The van der Waals surface area contributed by atoms with Crippen LogP contribution in [0.3, 0.4) is 0 Å². The molecule has 0 atom stereocenters. The summed E-state index contributed by atoms with van der Waals surface area (Å²) in [6.45, 7) is 3.76. The fraction of sp³-hybridized carbons (Fsp3) is 0.696. The number of rotatable bonds is 3. The molecule has 27 heavy (non-hydrogen) atoms. The smallest absolute Gasteiger partial charge is 0.226 e. The van der Waals surface area contributed by atoms with Crippen molar-refractivity contribution >= 4 is 11.6 Å². The van der Waals surface area contributed by atoms with E-state index in [1.165, 1.54) is 37.8 Å². The first-order valence-corrected chi connectivity index (χ1v) is 10.9. The van der Waals surface area contributed by atoms with Crippen molar-refractivity contribution in [1.82, 2.24) is 4.90 Å². The Kier molecular flexibility index (Phi) is 4.53.